The van der Waals surface area contributed by atoms with E-state index in [4.69, 9.17) is 192 Å². The van der Waals surface area contributed by atoms with Crippen LogP contribution in [0.1, 0.15) is 0 Å². The van der Waals surface area contributed by atoms with Crippen molar-refractivity contribution in [2.24, 2.45) is 40.1 Å². The molecule has 0 aromatic carbocycles. The number of hydrogen-bond acceptors (Lipinski definition) is 49. The molecule has 0 unspecified atom stereocenters. The van der Waals surface area contributed by atoms with Crippen molar-refractivity contribution in [3.8, 4) is 0 Å². The van der Waals surface area contributed by atoms with Gasteiger partial charge in [-0.2, -0.15) is 82.3 Å². The summed E-state index contributed by atoms with van der Waals surface area (Å²) in [5.41, 5.74) is 40.1. The van der Waals surface area contributed by atoms with Crippen LogP contribution in [0.2, 0.25) is 0 Å². The normalized spacial score (nSPS) is 35.2. The van der Waals surface area contributed by atoms with Gasteiger partial charge in [-0.25, -0.2) is 0 Å². The molecular formula is C77H147N21O28S14. The highest BCUT2D eigenvalue weighted by atomic mass is 32.2. The van der Waals surface area contributed by atoms with E-state index in [2.05, 4.69) is 74.4 Å². The molecule has 0 aliphatic carbocycles. The second-order valence-corrected chi connectivity index (χ2v) is 43.6. The number of nitrogens with two attached hydrogens (primary N) is 7. The lowest BCUT2D eigenvalue weighted by atomic mass is 9.95. The van der Waals surface area contributed by atoms with Crippen LogP contribution in [0.5, 0.6) is 0 Å². The van der Waals surface area contributed by atoms with Crippen LogP contribution in [0.25, 0.3) is 0 Å². The summed E-state index contributed by atoms with van der Waals surface area (Å²) in [5.74, 6) is 1.48. The number of thioether (sulfide) groups is 7. The molecule has 812 valence electrons. The van der Waals surface area contributed by atoms with E-state index in [1.165, 1.54) is 82.3 Å². The Balaban J connectivity index is 1.24. The molecule has 140 heavy (non-hydrogen) atoms. The molecule has 0 aromatic rings. The van der Waals surface area contributed by atoms with Crippen LogP contribution in [0.4, 0.5) is 0 Å². The van der Waals surface area contributed by atoms with Crippen molar-refractivity contribution >= 4 is 204 Å². The van der Waals surface area contributed by atoms with Gasteiger partial charge in [0.2, 0.25) is 0 Å². The molecule has 21 heterocycles. The van der Waals surface area contributed by atoms with Gasteiger partial charge in [-0.15, -0.1) is 0 Å². The molecule has 21 aliphatic heterocycles. The molecule has 21 rings (SSSR count). The summed E-state index contributed by atoms with van der Waals surface area (Å²) in [7, 11) is 0. The second-order valence-electron chi connectivity index (χ2n) is 32.7. The molecule has 21 fully saturated rings. The van der Waals surface area contributed by atoms with E-state index in [9.17, 15) is 71.5 Å². The van der Waals surface area contributed by atoms with Gasteiger partial charge in [-0.3, -0.25) is 0 Å². The van der Waals surface area contributed by atoms with Crippen molar-refractivity contribution in [2.45, 2.75) is 215 Å². The quantitative estimate of drug-likeness (QED) is 0.0199. The zero-order valence-corrected chi connectivity index (χ0v) is 88.6. The summed E-state index contributed by atoms with van der Waals surface area (Å²) in [6.07, 6.45) is -64.2. The Morgan fingerprint density at radius 1 is 0.171 bits per heavy atom. The third-order valence-corrected chi connectivity index (χ3v) is 31.7. The Kier molecular flexibility index (Phi) is 60.3. The summed E-state index contributed by atoms with van der Waals surface area (Å²) < 4.78 is 92.9. The van der Waals surface area contributed by atoms with Crippen molar-refractivity contribution in [1.82, 2.24) is 74.4 Å². The molecule has 63 heteroatoms. The number of hydrogen-bond donors (Lipinski definition) is 35. The van der Waals surface area contributed by atoms with E-state index in [0.717, 1.165) is 0 Å². The third-order valence-electron chi connectivity index (χ3n) is 22.2. The highest BCUT2D eigenvalue weighted by molar-refractivity contribution is 8.00. The van der Waals surface area contributed by atoms with Gasteiger partial charge in [0.25, 0.3) is 0 Å². The fraction of sp³-hybridized carbons (Fsp3) is 0.909. The average molecular weight is 2260 g/mol. The Labute approximate surface area is 882 Å². The highest BCUT2D eigenvalue weighted by Crippen LogP contribution is 2.42. The number of rotatable bonds is 49. The first kappa shape index (κ1) is 124. The van der Waals surface area contributed by atoms with E-state index in [-0.39, 0.29) is 86.1 Å². The maximum atomic E-state index is 12.7. The molecule has 21 saturated heterocycles. The summed E-state index contributed by atoms with van der Waals surface area (Å²) in [6.45, 7) is 6.57. The van der Waals surface area contributed by atoms with Crippen LogP contribution in [0, 0.1) is 0 Å². The van der Waals surface area contributed by atoms with Crippen molar-refractivity contribution in [3.63, 3.8) is 0 Å². The molecule has 49 nitrogen and oxygen atoms in total. The topological polar surface area (TPSA) is 763 Å². The van der Waals surface area contributed by atoms with Crippen LogP contribution < -0.4 is 115 Å². The number of aliphatic hydroxyl groups is 14. The van der Waals surface area contributed by atoms with Crippen LogP contribution in [-0.2, 0) is 66.3 Å². The van der Waals surface area contributed by atoms with E-state index in [0.29, 0.717) is 168 Å². The summed E-state index contributed by atoms with van der Waals surface area (Å²) in [5, 5.41) is 222. The van der Waals surface area contributed by atoms with E-state index < -0.39 is 215 Å². The minimum atomic E-state index is -2.13. The first-order chi connectivity index (χ1) is 67.4. The van der Waals surface area contributed by atoms with Gasteiger partial charge in [-0.1, -0.05) is 0 Å². The molecule has 35 atom stereocenters. The first-order valence-corrected chi connectivity index (χ1v) is 57.1. The minimum Gasteiger partial charge on any atom is -0.387 e. The zero-order chi connectivity index (χ0) is 102. The molecule has 0 aromatic heterocycles. The Hall–Kier alpha value is -1.12. The summed E-state index contributed by atoms with van der Waals surface area (Å²) in [6, 6.07) is 0. The number of ether oxygens (including phenoxy) is 14. The van der Waals surface area contributed by atoms with Crippen molar-refractivity contribution in [3.05, 3.63) is 0 Å². The second kappa shape index (κ2) is 68.0. The monoisotopic (exact) mass is 2260 g/mol. The fourth-order valence-electron chi connectivity index (χ4n) is 15.1. The zero-order valence-electron chi connectivity index (χ0n) is 77.2. The minimum absolute atomic E-state index is 0.0948. The predicted molar refractivity (Wildman–Crippen MR) is 564 cm³/mol. The number of thiocarbonyl (C=S) groups is 7. The van der Waals surface area contributed by atoms with E-state index in [1.807, 2.05) is 0 Å². The molecule has 0 amide bonds. The van der Waals surface area contributed by atoms with Crippen molar-refractivity contribution in [2.75, 3.05) is 218 Å². The smallest absolute Gasteiger partial charge is 0.187 e. The molecule has 21 aliphatic rings. The van der Waals surface area contributed by atoms with Gasteiger partial charge in [0.1, 0.15) is 128 Å². The first-order valence-electron chi connectivity index (χ1n) is 46.2. The van der Waals surface area contributed by atoms with Gasteiger partial charge < -0.3 is 252 Å². The molecular weight excluding hydrogens is 2120 g/mol. The average Bonchev–Trinajstić information content (AvgIpc) is 0.796. The molecule has 14 bridgehead atoms. The fourth-order valence-corrected chi connectivity index (χ4v) is 22.9. The van der Waals surface area contributed by atoms with E-state index >= 15 is 0 Å². The van der Waals surface area contributed by atoms with E-state index in [1.54, 1.807) is 0 Å². The van der Waals surface area contributed by atoms with Crippen LogP contribution in [-0.4, -0.2) is 540 Å². The standard InChI is InChI=1S/C77H147N21O28S14/c78-1-8-85-71(127)92-15-22-134-29-36-57-43(99)50(106)64(113-36)121-58-37(30-135-23-16-93-72(128)86-9-2-79)115-66(52(108)45(58)101)123-60-39(32-137-25-18-95-74(130)88-11-4-81)117-68(54(110)47(60)103)125-62-41(34-139-27-20-97-76(132)90-13-6-83)119-70(56(112)49(62)105)126-63-42(35-140-28-21-98-77(133)91-14-7-84)118-69(55(111)48(63)104)124-61-40(33-138-26-19-96-75(131)89-12-5-82)116-67(53(109)46(61)102)122-59-38(114-65(120-57)51(107)44(59)100)31-136-24-17-94-73(129)87-10-3-80/h36-70,99-112H,1-35,78-84H2,(H2,85,92,127)(H2,86,93,128)(H2,87,94,129)(H2,88,95,130)(H2,89,96,131)(H2,90,97,132)(H2,91,98,133)/t36-,37-,38-,39-,40-,41-,42-,43-,44-,45-,46-,47-,48-,49-,50-,51-,52-,53-,54-,55-,56-,57-,58-,59-,60-,61-,62-,63-,64-,65-,66-,67-,68-,69-,70-/m1/s1. The lowest BCUT2D eigenvalue weighted by molar-refractivity contribution is -0.389. The predicted octanol–water partition coefficient (Wildman–Crippen LogP) is -14.1. The van der Waals surface area contributed by atoms with Gasteiger partial charge in [-0.05, 0) is 85.5 Å². The number of nitrogens with one attached hydrogen (secondary N) is 14. The third kappa shape index (κ3) is 40.2. The van der Waals surface area contributed by atoms with Gasteiger partial charge in [0.05, 0.1) is 42.7 Å². The Morgan fingerprint density at radius 2 is 0.279 bits per heavy atom. The molecule has 0 spiro atoms. The lowest BCUT2D eigenvalue weighted by Gasteiger charge is -2.50. The summed E-state index contributed by atoms with van der Waals surface area (Å²) in [4.78, 5) is 0. The Bertz CT molecular complexity index is 2970. The Morgan fingerprint density at radius 3 is 0.386 bits per heavy atom. The van der Waals surface area contributed by atoms with Gasteiger partial charge >= 0.3 is 0 Å². The van der Waals surface area contributed by atoms with Crippen LogP contribution in [0.3, 0.4) is 0 Å². The molecule has 42 N–H and O–H groups in total. The van der Waals surface area contributed by atoms with Crippen LogP contribution in [0.15, 0.2) is 0 Å². The van der Waals surface area contributed by atoms with Gasteiger partial charge in [0.15, 0.2) is 79.8 Å². The maximum Gasteiger partial charge on any atom is 0.187 e. The van der Waals surface area contributed by atoms with Crippen molar-refractivity contribution in [1.29, 1.82) is 0 Å². The SMILES string of the molecule is NCCNC(=S)NCCSC[C@H]1O[C@@H]2O[C@H]3[C@H](O)[C@@H](O)[C@@H](O[C@H]4[C@H](O)[C@@H](O)[C@@H](O[C@H]5[C@H](O)[C@@H](O)[C@@H](O[C@H]6[C@H](O)[C@@H](O)[C@@H](O[C@H]7[C@H](O)[C@@H](O)[C@@H](O[C@H]8[C@H](O)[C@@H](O)[C@@H](O[C@H]1[C@H](O)[C@H]2O)O[C@@H]8CSCCNC(=S)NCCN)O[C@@H]7CSCCNC(=S)NCCN)O[C@@H]6CSCCNC(=S)NCCN)O[C@@H]5CSCCNC(=S)NCCN)O[C@@H]4CSCCNC(=S)NCCN)O[C@@H]3CSCCNC(=S)NCCN. The van der Waals surface area contributed by atoms with Gasteiger partial charge in [0, 0.05) is 218 Å². The van der Waals surface area contributed by atoms with Crippen LogP contribution >= 0.6 is 168 Å². The maximum absolute atomic E-state index is 12.7. The lowest BCUT2D eigenvalue weighted by Crippen LogP contribution is -2.68. The summed E-state index contributed by atoms with van der Waals surface area (Å²) >= 11 is 47.0. The van der Waals surface area contributed by atoms with Crippen molar-refractivity contribution < 1.29 is 138 Å². The largest absolute Gasteiger partial charge is 0.387 e. The molecule has 0 saturated carbocycles. The highest BCUT2D eigenvalue weighted by Gasteiger charge is 2.60. The number of aliphatic hydroxyl groups excluding tert-OH is 14. The molecule has 0 radical (unpaired) electrons.